The van der Waals surface area contributed by atoms with Crippen molar-refractivity contribution in [3.8, 4) is 0 Å². The first kappa shape index (κ1) is 14.8. The molecule has 0 saturated carbocycles. The van der Waals surface area contributed by atoms with E-state index in [4.69, 9.17) is 17.0 Å². The number of carbonyl (C=O) groups excluding carboxylic acids is 1. The number of carbonyl (C=O) groups is 1. The van der Waals surface area contributed by atoms with Gasteiger partial charge in [-0.25, -0.2) is 0 Å². The molecule has 1 N–H and O–H groups in total. The molecule has 0 aromatic carbocycles. The molecule has 1 fully saturated rings. The third-order valence-electron chi connectivity index (χ3n) is 3.26. The molecule has 0 amide bonds. The first-order valence-corrected chi connectivity index (χ1v) is 7.61. The Balaban J connectivity index is 2.05. The second-order valence-corrected chi connectivity index (χ2v) is 7.33. The molecule has 2 rings (SSSR count). The third-order valence-corrected chi connectivity index (χ3v) is 4.87. The monoisotopic (exact) mass is 301 g/mol. The van der Waals surface area contributed by atoms with E-state index < -0.39 is 0 Å². The van der Waals surface area contributed by atoms with Crippen molar-refractivity contribution in [1.82, 2.24) is 4.90 Å². The SMILES string of the molecule is CC1(C)CC(=O)C(SC(=S)N2CCOCC2)=C(O)C1. The zero-order chi connectivity index (χ0) is 14.0. The number of morpholine rings is 1. The Bertz CT molecular complexity index is 426. The molecule has 6 heteroatoms. The minimum Gasteiger partial charge on any atom is -0.511 e. The maximum atomic E-state index is 12.1. The molecule has 0 atom stereocenters. The predicted molar refractivity (Wildman–Crippen MR) is 80.3 cm³/mol. The van der Waals surface area contributed by atoms with Crippen LogP contribution in [0.25, 0.3) is 0 Å². The highest BCUT2D eigenvalue weighted by Gasteiger charge is 2.34. The molecule has 1 aliphatic carbocycles. The van der Waals surface area contributed by atoms with Gasteiger partial charge >= 0.3 is 0 Å². The number of aliphatic hydroxyl groups is 1. The number of hydrogen-bond acceptors (Lipinski definition) is 5. The van der Waals surface area contributed by atoms with Crippen LogP contribution in [0.3, 0.4) is 0 Å². The summed E-state index contributed by atoms with van der Waals surface area (Å²) in [6, 6.07) is 0. The van der Waals surface area contributed by atoms with Gasteiger partial charge in [-0.3, -0.25) is 4.79 Å². The molecule has 0 radical (unpaired) electrons. The molecule has 0 unspecified atom stereocenters. The van der Waals surface area contributed by atoms with Gasteiger partial charge in [0.15, 0.2) is 5.78 Å². The minimum atomic E-state index is -0.161. The highest BCUT2D eigenvalue weighted by molar-refractivity contribution is 8.26. The highest BCUT2D eigenvalue weighted by Crippen LogP contribution is 2.40. The van der Waals surface area contributed by atoms with Gasteiger partial charge in [-0.2, -0.15) is 0 Å². The lowest BCUT2D eigenvalue weighted by Gasteiger charge is -2.32. The van der Waals surface area contributed by atoms with Crippen LogP contribution in [-0.4, -0.2) is 46.4 Å². The van der Waals surface area contributed by atoms with Gasteiger partial charge in [0.25, 0.3) is 0 Å². The Morgan fingerprint density at radius 1 is 1.37 bits per heavy atom. The van der Waals surface area contributed by atoms with Gasteiger partial charge in [0.2, 0.25) is 0 Å². The average Bonchev–Trinajstić information content (AvgIpc) is 2.33. The fourth-order valence-electron chi connectivity index (χ4n) is 2.29. The molecule has 19 heavy (non-hydrogen) atoms. The number of nitrogens with zero attached hydrogens (tertiary/aromatic N) is 1. The van der Waals surface area contributed by atoms with E-state index in [2.05, 4.69) is 0 Å². The van der Waals surface area contributed by atoms with Crippen LogP contribution in [0.15, 0.2) is 10.7 Å². The Morgan fingerprint density at radius 2 is 2.00 bits per heavy atom. The minimum absolute atomic E-state index is 0.00522. The standard InChI is InChI=1S/C13H19NO3S2/c1-13(2)7-9(15)11(10(16)8-13)19-12(18)14-3-5-17-6-4-14/h15H,3-8H2,1-2H3. The molecule has 2 aliphatic rings. The van der Waals surface area contributed by atoms with E-state index >= 15 is 0 Å². The van der Waals surface area contributed by atoms with Gasteiger partial charge in [0.05, 0.1) is 18.1 Å². The summed E-state index contributed by atoms with van der Waals surface area (Å²) in [4.78, 5) is 14.5. The lowest BCUT2D eigenvalue weighted by molar-refractivity contribution is -0.117. The first-order chi connectivity index (χ1) is 8.89. The van der Waals surface area contributed by atoms with Crippen LogP contribution in [0.5, 0.6) is 0 Å². The van der Waals surface area contributed by atoms with E-state index in [0.29, 0.717) is 35.3 Å². The van der Waals surface area contributed by atoms with Crippen molar-refractivity contribution < 1.29 is 14.6 Å². The first-order valence-electron chi connectivity index (χ1n) is 6.39. The van der Waals surface area contributed by atoms with Crippen LogP contribution in [-0.2, 0) is 9.53 Å². The maximum Gasteiger partial charge on any atom is 0.173 e. The van der Waals surface area contributed by atoms with E-state index in [-0.39, 0.29) is 17.0 Å². The number of ketones is 1. The summed E-state index contributed by atoms with van der Waals surface area (Å²) in [6.45, 7) is 6.80. The summed E-state index contributed by atoms with van der Waals surface area (Å²) >= 11 is 6.58. The normalized spacial score (nSPS) is 23.7. The molecule has 4 nitrogen and oxygen atoms in total. The molecular formula is C13H19NO3S2. The molecule has 0 aromatic heterocycles. The van der Waals surface area contributed by atoms with Gasteiger partial charge in [-0.15, -0.1) is 0 Å². The van der Waals surface area contributed by atoms with E-state index in [9.17, 15) is 9.90 Å². The van der Waals surface area contributed by atoms with E-state index in [1.165, 1.54) is 11.8 Å². The number of aliphatic hydroxyl groups excluding tert-OH is 1. The molecule has 1 saturated heterocycles. The fraction of sp³-hybridized carbons (Fsp3) is 0.692. The van der Waals surface area contributed by atoms with Crippen LogP contribution in [0, 0.1) is 5.41 Å². The number of allylic oxidation sites excluding steroid dienone is 2. The summed E-state index contributed by atoms with van der Waals surface area (Å²) in [5.41, 5.74) is -0.161. The summed E-state index contributed by atoms with van der Waals surface area (Å²) < 4.78 is 5.92. The zero-order valence-corrected chi connectivity index (χ0v) is 12.9. The van der Waals surface area contributed by atoms with Crippen LogP contribution in [0.1, 0.15) is 26.7 Å². The third kappa shape index (κ3) is 3.70. The number of thioether (sulfide) groups is 1. The van der Waals surface area contributed by atoms with Gasteiger partial charge in [0, 0.05) is 25.9 Å². The van der Waals surface area contributed by atoms with Gasteiger partial charge < -0.3 is 14.7 Å². The predicted octanol–water partition coefficient (Wildman–Crippen LogP) is 2.50. The lowest BCUT2D eigenvalue weighted by Crippen LogP contribution is -2.39. The van der Waals surface area contributed by atoms with Crippen molar-refractivity contribution in [1.29, 1.82) is 0 Å². The second kappa shape index (κ2) is 5.81. The van der Waals surface area contributed by atoms with E-state index in [1.54, 1.807) is 0 Å². The molecule has 1 aliphatic heterocycles. The number of Topliss-reactive ketones (excluding diaryl/α,β-unsaturated/α-hetero) is 1. The molecule has 1 heterocycles. The summed E-state index contributed by atoms with van der Waals surface area (Å²) in [7, 11) is 0. The summed E-state index contributed by atoms with van der Waals surface area (Å²) in [5, 5.41) is 10.1. The number of thiocarbonyl (C=S) groups is 1. The molecule has 0 aromatic rings. The van der Waals surface area contributed by atoms with Crippen LogP contribution < -0.4 is 0 Å². The van der Waals surface area contributed by atoms with E-state index in [0.717, 1.165) is 13.1 Å². The van der Waals surface area contributed by atoms with Crippen molar-refractivity contribution in [2.45, 2.75) is 26.7 Å². The Kier molecular flexibility index (Phi) is 4.53. The number of rotatable bonds is 1. The topological polar surface area (TPSA) is 49.8 Å². The van der Waals surface area contributed by atoms with Crippen molar-refractivity contribution in [3.05, 3.63) is 10.7 Å². The zero-order valence-electron chi connectivity index (χ0n) is 11.3. The van der Waals surface area contributed by atoms with Gasteiger partial charge in [-0.1, -0.05) is 37.8 Å². The Morgan fingerprint density at radius 3 is 2.58 bits per heavy atom. The average molecular weight is 301 g/mol. The quantitative estimate of drug-likeness (QED) is 0.751. The maximum absolute atomic E-state index is 12.1. The molecule has 106 valence electrons. The van der Waals surface area contributed by atoms with Crippen molar-refractivity contribution >= 4 is 34.1 Å². The summed E-state index contributed by atoms with van der Waals surface area (Å²) in [5.74, 6) is 0.177. The lowest BCUT2D eigenvalue weighted by atomic mass is 9.79. The Labute approximate surface area is 123 Å². The number of ether oxygens (including phenoxy) is 1. The highest BCUT2D eigenvalue weighted by atomic mass is 32.2. The fourth-order valence-corrected chi connectivity index (χ4v) is 3.58. The molecular weight excluding hydrogens is 282 g/mol. The molecule has 0 spiro atoms. The largest absolute Gasteiger partial charge is 0.511 e. The van der Waals surface area contributed by atoms with E-state index in [1.807, 2.05) is 18.7 Å². The smallest absolute Gasteiger partial charge is 0.173 e. The van der Waals surface area contributed by atoms with Crippen molar-refractivity contribution in [2.75, 3.05) is 26.3 Å². The molecule has 0 bridgehead atoms. The van der Waals surface area contributed by atoms with Crippen molar-refractivity contribution in [3.63, 3.8) is 0 Å². The van der Waals surface area contributed by atoms with Crippen LogP contribution in [0.2, 0.25) is 0 Å². The summed E-state index contributed by atoms with van der Waals surface area (Å²) in [6.07, 6.45) is 0.998. The van der Waals surface area contributed by atoms with Gasteiger partial charge in [-0.05, 0) is 5.41 Å². The van der Waals surface area contributed by atoms with Crippen LogP contribution >= 0.6 is 24.0 Å². The Hall–Kier alpha value is -0.590. The number of hydrogen-bond donors (Lipinski definition) is 1. The van der Waals surface area contributed by atoms with Gasteiger partial charge in [0.1, 0.15) is 10.1 Å². The van der Waals surface area contributed by atoms with Crippen LogP contribution in [0.4, 0.5) is 0 Å². The van der Waals surface area contributed by atoms with Crippen molar-refractivity contribution in [2.24, 2.45) is 5.41 Å². The second-order valence-electron chi connectivity index (χ2n) is 5.68.